The van der Waals surface area contributed by atoms with Crippen LogP contribution in [0.3, 0.4) is 0 Å². The van der Waals surface area contributed by atoms with Gasteiger partial charge in [-0.05, 0) is 114 Å². The number of hydrogen-bond donors (Lipinski definition) is 2. The summed E-state index contributed by atoms with van der Waals surface area (Å²) < 4.78 is 57.9. The van der Waals surface area contributed by atoms with Crippen LogP contribution in [0.25, 0.3) is 34.4 Å². The van der Waals surface area contributed by atoms with Crippen LogP contribution in [0, 0.1) is 32.6 Å². The molecular formula is C32H28Br2ClF2N11O10. The lowest BCUT2D eigenvalue weighted by Crippen LogP contribution is -2.57. The first-order chi connectivity index (χ1) is 27.3. The first-order valence-corrected chi connectivity index (χ1v) is 18.5. The molecule has 3 N–H and O–H groups in total. The highest BCUT2D eigenvalue weighted by molar-refractivity contribution is 9.10. The van der Waals surface area contributed by atoms with Gasteiger partial charge in [-0.3, -0.25) is 9.05 Å². The number of ether oxygens (including phenoxy) is 2. The van der Waals surface area contributed by atoms with Gasteiger partial charge in [0.2, 0.25) is 17.5 Å². The number of halogens is 5. The molecule has 4 aromatic heterocycles. The maximum Gasteiger partial charge on any atom is 0.446 e. The van der Waals surface area contributed by atoms with Gasteiger partial charge in [-0.2, -0.15) is 0 Å². The summed E-state index contributed by atoms with van der Waals surface area (Å²) in [6, 6.07) is 8.46. The van der Waals surface area contributed by atoms with Crippen molar-refractivity contribution in [3.63, 3.8) is 0 Å². The van der Waals surface area contributed by atoms with E-state index in [2.05, 4.69) is 77.3 Å². The lowest BCUT2D eigenvalue weighted by Gasteiger charge is -2.53. The second-order valence-corrected chi connectivity index (χ2v) is 15.7. The van der Waals surface area contributed by atoms with Gasteiger partial charge in [0.05, 0.1) is 46.7 Å². The van der Waals surface area contributed by atoms with Gasteiger partial charge in [0.1, 0.15) is 11.6 Å². The van der Waals surface area contributed by atoms with Gasteiger partial charge in [0, 0.05) is 22.9 Å². The number of nitrogens with one attached hydrogen (secondary N) is 1. The molecule has 2 saturated carbocycles. The first-order valence-electron chi connectivity index (χ1n) is 16.9. The number of nitrogens with two attached hydrogens (primary N) is 1. The summed E-state index contributed by atoms with van der Waals surface area (Å²) in [4.78, 5) is 34.0. The lowest BCUT2D eigenvalue weighted by molar-refractivity contribution is -0.390. The van der Waals surface area contributed by atoms with Crippen LogP contribution in [0.1, 0.15) is 25.7 Å². The number of benzene rings is 2. The lowest BCUT2D eigenvalue weighted by atomic mass is 9.64. The normalized spacial score (nSPS) is 18.3. The third-order valence-corrected chi connectivity index (χ3v) is 11.0. The van der Waals surface area contributed by atoms with Gasteiger partial charge in [-0.1, -0.05) is 10.3 Å². The zero-order valence-corrected chi connectivity index (χ0v) is 33.4. The number of aromatic nitrogens is 8. The molecule has 0 radical (unpaired) electrons. The maximum atomic E-state index is 13.5. The Kier molecular flexibility index (Phi) is 11.4. The highest BCUT2D eigenvalue weighted by Gasteiger charge is 2.50. The Labute approximate surface area is 344 Å². The summed E-state index contributed by atoms with van der Waals surface area (Å²) >= 11 is 6.08. The topological polar surface area (TPSA) is 274 Å². The molecular weight excluding hydrogens is 932 g/mol. The molecule has 58 heavy (non-hydrogen) atoms. The Morgan fingerprint density at radius 3 is 1.69 bits per heavy atom. The van der Waals surface area contributed by atoms with E-state index in [1.807, 2.05) is 0 Å². The summed E-state index contributed by atoms with van der Waals surface area (Å²) in [6.45, 7) is 3.52. The van der Waals surface area contributed by atoms with Crippen LogP contribution in [0.2, 0.25) is 0 Å². The third-order valence-electron chi connectivity index (χ3n) is 9.81. The Hall–Kier alpha value is -5.21. The molecule has 0 bridgehead atoms. The fraction of sp³-hybridized carbons (Fsp3) is 0.375. The van der Waals surface area contributed by atoms with E-state index in [1.165, 1.54) is 47.7 Å². The second kappa shape index (κ2) is 16.2. The van der Waals surface area contributed by atoms with Crippen molar-refractivity contribution in [2.75, 3.05) is 31.7 Å². The van der Waals surface area contributed by atoms with Crippen molar-refractivity contribution in [2.45, 2.75) is 37.8 Å². The number of anilines is 1. The molecule has 0 amide bonds. The fourth-order valence-corrected chi connectivity index (χ4v) is 7.70. The molecule has 26 heteroatoms. The summed E-state index contributed by atoms with van der Waals surface area (Å²) in [6.07, 6.45) is 4.34. The minimum Gasteiger partial charge on any atom is -0.380 e. The zero-order chi connectivity index (χ0) is 40.1. The Morgan fingerprint density at radius 2 is 1.24 bits per heavy atom. The molecule has 0 unspecified atom stereocenters. The van der Waals surface area contributed by atoms with E-state index in [-0.39, 0.29) is 55.8 Å². The minimum absolute atomic E-state index is 0. The molecule has 2 spiro atoms. The SMILES string of the molecule is Cl.NC1CC2(COC2)C1.O=c1onc(-c2nonc2NC2CC3(COC3)C2)n1-c1ccc(F)c(Br)c1.O=c1onc(-c2nonc2[N+](=O)[O-])n1-c1ccc(F)c(Br)c1. The zero-order valence-electron chi connectivity index (χ0n) is 29.4. The van der Waals surface area contributed by atoms with Crippen LogP contribution >= 0.6 is 44.3 Å². The summed E-state index contributed by atoms with van der Waals surface area (Å²) in [5.74, 6) is -3.21. The summed E-state index contributed by atoms with van der Waals surface area (Å²) in [7, 11) is 0. The van der Waals surface area contributed by atoms with Crippen molar-refractivity contribution in [1.29, 1.82) is 0 Å². The molecule has 0 atom stereocenters. The fourth-order valence-electron chi connectivity index (χ4n) is 6.96. The average Bonchev–Trinajstić information content (AvgIpc) is 3.93. The average molecular weight is 960 g/mol. The predicted octanol–water partition coefficient (Wildman–Crippen LogP) is 4.60. The second-order valence-electron chi connectivity index (χ2n) is 14.0. The molecule has 6 heterocycles. The van der Waals surface area contributed by atoms with E-state index in [4.69, 9.17) is 24.4 Å². The van der Waals surface area contributed by atoms with Gasteiger partial charge in [0.25, 0.3) is 5.69 Å². The van der Waals surface area contributed by atoms with Gasteiger partial charge in [-0.25, -0.2) is 32.1 Å². The van der Waals surface area contributed by atoms with Crippen LogP contribution < -0.4 is 22.6 Å². The Balaban J connectivity index is 0.000000148. The highest BCUT2D eigenvalue weighted by Crippen LogP contribution is 2.48. The number of hydrogen-bond acceptors (Lipinski definition) is 18. The molecule has 2 aromatic carbocycles. The van der Waals surface area contributed by atoms with Crippen molar-refractivity contribution in [3.8, 4) is 34.4 Å². The number of nitro groups is 1. The smallest absolute Gasteiger partial charge is 0.380 e. The molecule has 2 aliphatic heterocycles. The van der Waals surface area contributed by atoms with E-state index in [0.717, 1.165) is 49.9 Å². The van der Waals surface area contributed by atoms with E-state index < -0.39 is 39.6 Å². The molecule has 6 aromatic rings. The van der Waals surface area contributed by atoms with Crippen LogP contribution in [0.4, 0.5) is 20.4 Å². The summed E-state index contributed by atoms with van der Waals surface area (Å²) in [5, 5.41) is 35.6. The third kappa shape index (κ3) is 7.83. The largest absolute Gasteiger partial charge is 0.446 e. The van der Waals surface area contributed by atoms with Gasteiger partial charge < -0.3 is 30.6 Å². The first kappa shape index (κ1) is 41.0. The van der Waals surface area contributed by atoms with Gasteiger partial charge in [0.15, 0.2) is 10.9 Å². The Morgan fingerprint density at radius 1 is 0.759 bits per heavy atom. The van der Waals surface area contributed by atoms with Crippen molar-refractivity contribution in [1.82, 2.24) is 40.1 Å². The van der Waals surface area contributed by atoms with E-state index in [0.29, 0.717) is 23.0 Å². The van der Waals surface area contributed by atoms with E-state index in [9.17, 15) is 28.5 Å². The van der Waals surface area contributed by atoms with Crippen molar-refractivity contribution in [2.24, 2.45) is 16.6 Å². The van der Waals surface area contributed by atoms with Crippen LogP contribution in [-0.2, 0) is 9.47 Å². The minimum atomic E-state index is -0.939. The monoisotopic (exact) mass is 957 g/mol. The van der Waals surface area contributed by atoms with Gasteiger partial charge >= 0.3 is 17.3 Å². The van der Waals surface area contributed by atoms with Crippen molar-refractivity contribution >= 4 is 55.9 Å². The molecule has 10 rings (SSSR count). The molecule has 2 saturated heterocycles. The molecule has 306 valence electrons. The highest BCUT2D eigenvalue weighted by atomic mass is 79.9. The maximum absolute atomic E-state index is 13.5. The van der Waals surface area contributed by atoms with Crippen molar-refractivity contribution < 1.29 is 41.5 Å². The molecule has 21 nitrogen and oxygen atoms in total. The Bertz CT molecular complexity index is 2570. The van der Waals surface area contributed by atoms with E-state index >= 15 is 0 Å². The predicted molar refractivity (Wildman–Crippen MR) is 200 cm³/mol. The van der Waals surface area contributed by atoms with Gasteiger partial charge in [-0.15, -0.1) is 17.0 Å². The summed E-state index contributed by atoms with van der Waals surface area (Å²) in [5.41, 5.74) is 6.84. The van der Waals surface area contributed by atoms with Crippen LogP contribution in [0.5, 0.6) is 0 Å². The van der Waals surface area contributed by atoms with Crippen LogP contribution in [-0.4, -0.2) is 83.5 Å². The number of nitrogens with zero attached hydrogens (tertiary/aromatic N) is 9. The van der Waals surface area contributed by atoms with E-state index in [1.54, 1.807) is 0 Å². The quantitative estimate of drug-likeness (QED) is 0.163. The molecule has 2 aliphatic carbocycles. The number of rotatable bonds is 7. The molecule has 4 aliphatic rings. The van der Waals surface area contributed by atoms with Crippen molar-refractivity contribution in [3.05, 3.63) is 88.2 Å². The standard InChI is InChI=1S/C16H13BrFN5O4.C10H3BrFN5O5.C6H11NO.ClH/c17-10-3-9(1-2-11(10)18)23-14(22-26-15(23)24)12-13(21-27-20-12)19-8-4-16(5-8)6-25-7-16;11-5-3-4(1-2-6(5)12)16-8(14-21-10(16)18)7-9(17(19)20)15-22-13-7;7-5-1-6(2-5)3-8-4-6;/h1-3,8H,4-7H2,(H,19,21);1-3H;5H,1-4,7H2;1H. The van der Waals surface area contributed by atoms with Crippen LogP contribution in [0.15, 0.2) is 73.2 Å². The molecule has 4 fully saturated rings.